The molecule has 1 saturated heterocycles. The molecule has 7 nitrogen and oxygen atoms in total. The zero-order valence-corrected chi connectivity index (χ0v) is 9.93. The third kappa shape index (κ3) is 3.70. The van der Waals surface area contributed by atoms with E-state index in [1.165, 1.54) is 7.11 Å². The quantitative estimate of drug-likeness (QED) is 0.614. The molecule has 0 aromatic rings. The number of amides is 3. The number of likely N-dealkylation sites (tertiary alicyclic amines) is 1. The molecule has 2 unspecified atom stereocenters. The predicted molar refractivity (Wildman–Crippen MR) is 58.8 cm³/mol. The second-order valence-corrected chi connectivity index (χ2v) is 4.21. The van der Waals surface area contributed by atoms with Crippen LogP contribution < -0.4 is 11.1 Å². The molecule has 0 aromatic carbocycles. The highest BCUT2D eigenvalue weighted by Gasteiger charge is 2.36. The van der Waals surface area contributed by atoms with E-state index in [0.29, 0.717) is 13.1 Å². The average Bonchev–Trinajstić information content (AvgIpc) is 2.56. The Morgan fingerprint density at radius 1 is 1.41 bits per heavy atom. The Bertz CT molecular complexity index is 332. The molecule has 17 heavy (non-hydrogen) atoms. The number of nitrogens with one attached hydrogen (secondary N) is 1. The standard InChI is InChI=1S/C10H17N3O4/c1-6-3-13(4-7(6)9(15)17-2)5-8(14)12-10(11)16/h6-7H,3-5H2,1-2H3,(H3,11,12,14,16). The topological polar surface area (TPSA) is 102 Å². The third-order valence-corrected chi connectivity index (χ3v) is 2.82. The van der Waals surface area contributed by atoms with Crippen molar-refractivity contribution in [1.82, 2.24) is 10.2 Å². The second kappa shape index (κ2) is 5.62. The molecule has 0 radical (unpaired) electrons. The molecule has 0 aromatic heterocycles. The van der Waals surface area contributed by atoms with Crippen molar-refractivity contribution in [3.8, 4) is 0 Å². The van der Waals surface area contributed by atoms with Crippen molar-refractivity contribution in [2.75, 3.05) is 26.7 Å². The van der Waals surface area contributed by atoms with Gasteiger partial charge in [-0.05, 0) is 5.92 Å². The number of imide groups is 1. The third-order valence-electron chi connectivity index (χ3n) is 2.82. The summed E-state index contributed by atoms with van der Waals surface area (Å²) in [5.41, 5.74) is 4.83. The maximum atomic E-state index is 11.4. The van der Waals surface area contributed by atoms with E-state index in [9.17, 15) is 14.4 Å². The Kier molecular flexibility index (Phi) is 4.45. The number of carbonyl (C=O) groups excluding carboxylic acids is 3. The summed E-state index contributed by atoms with van der Waals surface area (Å²) in [4.78, 5) is 35.0. The van der Waals surface area contributed by atoms with Gasteiger partial charge in [0.2, 0.25) is 5.91 Å². The Morgan fingerprint density at radius 3 is 2.59 bits per heavy atom. The summed E-state index contributed by atoms with van der Waals surface area (Å²) in [7, 11) is 1.34. The van der Waals surface area contributed by atoms with Gasteiger partial charge in [0.25, 0.3) is 0 Å². The van der Waals surface area contributed by atoms with Crippen molar-refractivity contribution >= 4 is 17.9 Å². The van der Waals surface area contributed by atoms with E-state index in [-0.39, 0.29) is 24.3 Å². The number of methoxy groups -OCH3 is 1. The highest BCUT2D eigenvalue weighted by atomic mass is 16.5. The lowest BCUT2D eigenvalue weighted by molar-refractivity contribution is -0.146. The van der Waals surface area contributed by atoms with Gasteiger partial charge < -0.3 is 10.5 Å². The van der Waals surface area contributed by atoms with Gasteiger partial charge in [0.1, 0.15) is 0 Å². The van der Waals surface area contributed by atoms with Crippen LogP contribution in [0.1, 0.15) is 6.92 Å². The van der Waals surface area contributed by atoms with Crippen LogP contribution in [0.5, 0.6) is 0 Å². The number of rotatable bonds is 3. The lowest BCUT2D eigenvalue weighted by Gasteiger charge is -2.13. The van der Waals surface area contributed by atoms with Crippen LogP contribution in [0, 0.1) is 11.8 Å². The van der Waals surface area contributed by atoms with Crippen molar-refractivity contribution in [1.29, 1.82) is 0 Å². The molecule has 1 fully saturated rings. The molecule has 0 aliphatic carbocycles. The van der Waals surface area contributed by atoms with Crippen LogP contribution in [0.2, 0.25) is 0 Å². The van der Waals surface area contributed by atoms with Gasteiger partial charge in [0, 0.05) is 13.1 Å². The van der Waals surface area contributed by atoms with E-state index in [1.807, 2.05) is 12.2 Å². The zero-order valence-electron chi connectivity index (χ0n) is 9.93. The van der Waals surface area contributed by atoms with Gasteiger partial charge in [-0.15, -0.1) is 0 Å². The summed E-state index contributed by atoms with van der Waals surface area (Å²) in [5, 5.41) is 1.98. The van der Waals surface area contributed by atoms with Crippen molar-refractivity contribution < 1.29 is 19.1 Å². The molecule has 3 N–H and O–H groups in total. The first kappa shape index (κ1) is 13.4. The molecule has 0 bridgehead atoms. The minimum atomic E-state index is -0.869. The fourth-order valence-electron chi connectivity index (χ4n) is 2.03. The van der Waals surface area contributed by atoms with Gasteiger partial charge in [-0.2, -0.15) is 0 Å². The maximum absolute atomic E-state index is 11.4. The van der Waals surface area contributed by atoms with Crippen LogP contribution in [-0.4, -0.2) is 49.6 Å². The van der Waals surface area contributed by atoms with Crippen LogP contribution in [-0.2, 0) is 14.3 Å². The monoisotopic (exact) mass is 243 g/mol. The average molecular weight is 243 g/mol. The summed E-state index contributed by atoms with van der Waals surface area (Å²) in [6, 6.07) is -0.869. The van der Waals surface area contributed by atoms with E-state index >= 15 is 0 Å². The van der Waals surface area contributed by atoms with Crippen LogP contribution in [0.15, 0.2) is 0 Å². The minimum Gasteiger partial charge on any atom is -0.469 e. The van der Waals surface area contributed by atoms with Gasteiger partial charge in [-0.25, -0.2) is 4.79 Å². The summed E-state index contributed by atoms with van der Waals surface area (Å²) < 4.78 is 4.68. The molecule has 1 aliphatic heterocycles. The first-order chi connectivity index (χ1) is 7.93. The first-order valence-corrected chi connectivity index (χ1v) is 5.33. The number of hydrogen-bond donors (Lipinski definition) is 2. The SMILES string of the molecule is COC(=O)C1CN(CC(=O)NC(N)=O)CC1C. The Morgan fingerprint density at radius 2 is 2.06 bits per heavy atom. The molecule has 0 saturated carbocycles. The molecular weight excluding hydrogens is 226 g/mol. The number of primary amides is 1. The first-order valence-electron chi connectivity index (χ1n) is 5.33. The minimum absolute atomic E-state index is 0.0563. The fourth-order valence-corrected chi connectivity index (χ4v) is 2.03. The molecule has 2 atom stereocenters. The van der Waals surface area contributed by atoms with Crippen LogP contribution in [0.25, 0.3) is 0 Å². The van der Waals surface area contributed by atoms with E-state index in [0.717, 1.165) is 0 Å². The Labute approximate surface area is 99.3 Å². The predicted octanol–water partition coefficient (Wildman–Crippen LogP) is -1.08. The highest BCUT2D eigenvalue weighted by Crippen LogP contribution is 2.23. The number of carbonyl (C=O) groups is 3. The number of ether oxygens (including phenoxy) is 1. The number of hydrogen-bond acceptors (Lipinski definition) is 5. The van der Waals surface area contributed by atoms with Gasteiger partial charge in [-0.1, -0.05) is 6.92 Å². The van der Waals surface area contributed by atoms with Crippen molar-refractivity contribution in [2.45, 2.75) is 6.92 Å². The summed E-state index contributed by atoms with van der Waals surface area (Å²) >= 11 is 0. The van der Waals surface area contributed by atoms with Crippen LogP contribution in [0.4, 0.5) is 4.79 Å². The Hall–Kier alpha value is -1.63. The summed E-state index contributed by atoms with van der Waals surface area (Å²) in [5.74, 6) is -0.823. The molecule has 1 rings (SSSR count). The number of esters is 1. The summed E-state index contributed by atoms with van der Waals surface area (Å²) in [6.07, 6.45) is 0. The Balaban J connectivity index is 2.46. The maximum Gasteiger partial charge on any atom is 0.318 e. The van der Waals surface area contributed by atoms with Crippen molar-refractivity contribution in [3.05, 3.63) is 0 Å². The molecule has 3 amide bonds. The molecule has 0 spiro atoms. The van der Waals surface area contributed by atoms with E-state index in [1.54, 1.807) is 4.90 Å². The summed E-state index contributed by atoms with van der Waals surface area (Å²) in [6.45, 7) is 3.06. The smallest absolute Gasteiger partial charge is 0.318 e. The van der Waals surface area contributed by atoms with Gasteiger partial charge >= 0.3 is 12.0 Å². The van der Waals surface area contributed by atoms with Gasteiger partial charge in [0.05, 0.1) is 19.6 Å². The molecule has 1 aliphatic rings. The van der Waals surface area contributed by atoms with E-state index in [2.05, 4.69) is 4.74 Å². The molecule has 1 heterocycles. The van der Waals surface area contributed by atoms with Gasteiger partial charge in [-0.3, -0.25) is 19.8 Å². The van der Waals surface area contributed by atoms with Crippen LogP contribution in [0.3, 0.4) is 0 Å². The van der Waals surface area contributed by atoms with Crippen LogP contribution >= 0.6 is 0 Å². The molecule has 7 heteroatoms. The largest absolute Gasteiger partial charge is 0.469 e. The number of nitrogens with zero attached hydrogens (tertiary/aromatic N) is 1. The number of urea groups is 1. The van der Waals surface area contributed by atoms with E-state index < -0.39 is 11.9 Å². The highest BCUT2D eigenvalue weighted by molar-refractivity contribution is 5.94. The molecular formula is C10H17N3O4. The lowest BCUT2D eigenvalue weighted by Crippen LogP contribution is -2.41. The van der Waals surface area contributed by atoms with Gasteiger partial charge in [0.15, 0.2) is 0 Å². The number of nitrogens with two attached hydrogens (primary N) is 1. The normalized spacial score (nSPS) is 24.4. The second-order valence-electron chi connectivity index (χ2n) is 4.21. The molecule has 96 valence electrons. The zero-order chi connectivity index (χ0) is 13.0. The van der Waals surface area contributed by atoms with Crippen molar-refractivity contribution in [3.63, 3.8) is 0 Å². The lowest BCUT2D eigenvalue weighted by atomic mass is 9.99. The fraction of sp³-hybridized carbons (Fsp3) is 0.700. The van der Waals surface area contributed by atoms with Crippen molar-refractivity contribution in [2.24, 2.45) is 17.6 Å². The van der Waals surface area contributed by atoms with E-state index in [4.69, 9.17) is 5.73 Å².